The number of hydrogen-bond acceptors (Lipinski definition) is 5. The first-order valence-corrected chi connectivity index (χ1v) is 6.64. The van der Waals surface area contributed by atoms with Gasteiger partial charge in [-0.3, -0.25) is 0 Å². The van der Waals surface area contributed by atoms with Crippen LogP contribution in [0.5, 0.6) is 5.75 Å². The van der Waals surface area contributed by atoms with Crippen molar-refractivity contribution in [3.05, 3.63) is 71.8 Å². The average Bonchev–Trinajstić information content (AvgIpc) is 3.18. The molecule has 2 heterocycles. The molecule has 5 nitrogen and oxygen atoms in total. The molecule has 0 fully saturated rings. The summed E-state index contributed by atoms with van der Waals surface area (Å²) in [6.07, 6.45) is 6.64. The average molecular weight is 295 g/mol. The quantitative estimate of drug-likeness (QED) is 0.642. The summed E-state index contributed by atoms with van der Waals surface area (Å²) in [5.41, 5.74) is 1.13. The van der Waals surface area contributed by atoms with Crippen molar-refractivity contribution in [1.29, 1.82) is 0 Å². The molecule has 1 aromatic carbocycles. The fraction of sp³-hybridized carbons (Fsp3) is 0.0588. The van der Waals surface area contributed by atoms with Crippen molar-refractivity contribution >= 4 is 17.9 Å². The standard InChI is InChI=1S/C17H13NO4/c1-20-14-9-3-2-6-12(14)7-4-8-13-17(19)22-16(18-13)15-10-5-11-21-15/h2-11H,1H3/b7-4+,13-8-. The number of furan rings is 1. The largest absolute Gasteiger partial charge is 0.496 e. The Balaban J connectivity index is 1.80. The van der Waals surface area contributed by atoms with Crippen molar-refractivity contribution in [3.63, 3.8) is 0 Å². The summed E-state index contributed by atoms with van der Waals surface area (Å²) in [5, 5.41) is 0. The van der Waals surface area contributed by atoms with E-state index in [4.69, 9.17) is 13.9 Å². The van der Waals surface area contributed by atoms with Gasteiger partial charge in [0.15, 0.2) is 11.5 Å². The number of carbonyl (C=O) groups is 1. The maximum absolute atomic E-state index is 11.7. The predicted molar refractivity (Wildman–Crippen MR) is 81.4 cm³/mol. The lowest BCUT2D eigenvalue weighted by molar-refractivity contribution is -0.130. The number of methoxy groups -OCH3 is 1. The molecule has 0 spiro atoms. The number of benzene rings is 1. The van der Waals surface area contributed by atoms with Crippen LogP contribution in [0.1, 0.15) is 11.3 Å². The molecule has 22 heavy (non-hydrogen) atoms. The molecule has 1 aliphatic heterocycles. The van der Waals surface area contributed by atoms with Gasteiger partial charge in [-0.15, -0.1) is 0 Å². The van der Waals surface area contributed by atoms with Gasteiger partial charge in [0.05, 0.1) is 13.4 Å². The molecular weight excluding hydrogens is 282 g/mol. The number of carbonyl (C=O) groups excluding carboxylic acids is 1. The maximum atomic E-state index is 11.7. The van der Waals surface area contributed by atoms with Gasteiger partial charge in [0.2, 0.25) is 0 Å². The minimum absolute atomic E-state index is 0.173. The minimum Gasteiger partial charge on any atom is -0.496 e. The highest BCUT2D eigenvalue weighted by molar-refractivity contribution is 6.10. The van der Waals surface area contributed by atoms with E-state index in [1.165, 1.54) is 6.26 Å². The van der Waals surface area contributed by atoms with E-state index in [9.17, 15) is 4.79 Å². The van der Waals surface area contributed by atoms with Gasteiger partial charge in [0, 0.05) is 5.56 Å². The van der Waals surface area contributed by atoms with Crippen LogP contribution in [-0.2, 0) is 9.53 Å². The second kappa shape index (κ2) is 6.13. The van der Waals surface area contributed by atoms with Gasteiger partial charge >= 0.3 is 5.97 Å². The van der Waals surface area contributed by atoms with Gasteiger partial charge < -0.3 is 13.9 Å². The first kappa shape index (κ1) is 13.9. The summed E-state index contributed by atoms with van der Waals surface area (Å²) < 4.78 is 15.5. The maximum Gasteiger partial charge on any atom is 0.363 e. The summed E-state index contributed by atoms with van der Waals surface area (Å²) in [4.78, 5) is 15.9. The molecule has 0 amide bonds. The van der Waals surface area contributed by atoms with Crippen LogP contribution in [0.15, 0.2) is 69.9 Å². The Morgan fingerprint density at radius 1 is 1.18 bits per heavy atom. The van der Waals surface area contributed by atoms with E-state index in [2.05, 4.69) is 4.99 Å². The van der Waals surface area contributed by atoms with Gasteiger partial charge in [0.1, 0.15) is 5.75 Å². The van der Waals surface area contributed by atoms with E-state index >= 15 is 0 Å². The van der Waals surface area contributed by atoms with Gasteiger partial charge in [-0.05, 0) is 24.3 Å². The molecule has 0 bridgehead atoms. The number of nitrogens with zero attached hydrogens (tertiary/aromatic N) is 1. The number of ether oxygens (including phenoxy) is 2. The zero-order valence-corrected chi connectivity index (χ0v) is 11.9. The topological polar surface area (TPSA) is 61.0 Å². The third-order valence-electron chi connectivity index (χ3n) is 3.02. The van der Waals surface area contributed by atoms with Crippen LogP contribution >= 0.6 is 0 Å². The Kier molecular flexibility index (Phi) is 3.87. The molecule has 1 aliphatic rings. The van der Waals surface area contributed by atoms with Gasteiger partial charge in [-0.1, -0.05) is 30.4 Å². The second-order valence-electron chi connectivity index (χ2n) is 4.44. The smallest absolute Gasteiger partial charge is 0.363 e. The fourth-order valence-corrected chi connectivity index (χ4v) is 1.98. The van der Waals surface area contributed by atoms with Crippen LogP contribution in [0, 0.1) is 0 Å². The number of aliphatic imine (C=N–C) groups is 1. The zero-order valence-electron chi connectivity index (χ0n) is 11.9. The molecule has 0 saturated heterocycles. The first-order chi connectivity index (χ1) is 10.8. The lowest BCUT2D eigenvalue weighted by Gasteiger charge is -2.02. The monoisotopic (exact) mass is 295 g/mol. The Hall–Kier alpha value is -3.08. The highest BCUT2D eigenvalue weighted by Crippen LogP contribution is 2.20. The molecule has 110 valence electrons. The highest BCUT2D eigenvalue weighted by atomic mass is 16.6. The molecule has 5 heteroatoms. The molecule has 0 atom stereocenters. The van der Waals surface area contributed by atoms with Gasteiger partial charge in [-0.2, -0.15) is 0 Å². The number of para-hydroxylation sites is 1. The van der Waals surface area contributed by atoms with Crippen LogP contribution < -0.4 is 4.74 Å². The predicted octanol–water partition coefficient (Wildman–Crippen LogP) is 3.19. The molecule has 2 aromatic rings. The number of hydrogen-bond donors (Lipinski definition) is 0. The molecule has 0 aliphatic carbocycles. The van der Waals surface area contributed by atoms with Crippen LogP contribution in [0.25, 0.3) is 6.08 Å². The summed E-state index contributed by atoms with van der Waals surface area (Å²) >= 11 is 0. The Morgan fingerprint density at radius 2 is 2.05 bits per heavy atom. The van der Waals surface area contributed by atoms with Crippen molar-refractivity contribution in [2.24, 2.45) is 4.99 Å². The number of rotatable bonds is 4. The second-order valence-corrected chi connectivity index (χ2v) is 4.44. The molecular formula is C17H13NO4. The van der Waals surface area contributed by atoms with E-state index in [-0.39, 0.29) is 11.6 Å². The molecule has 3 rings (SSSR count). The molecule has 0 unspecified atom stereocenters. The third kappa shape index (κ3) is 2.83. The minimum atomic E-state index is -0.504. The van der Waals surface area contributed by atoms with Crippen molar-refractivity contribution in [1.82, 2.24) is 0 Å². The van der Waals surface area contributed by atoms with E-state index in [0.29, 0.717) is 5.76 Å². The van der Waals surface area contributed by atoms with Crippen molar-refractivity contribution in [2.75, 3.05) is 7.11 Å². The first-order valence-electron chi connectivity index (χ1n) is 6.64. The Bertz CT molecular complexity index is 770. The lowest BCUT2D eigenvalue weighted by Crippen LogP contribution is -2.03. The summed E-state index contributed by atoms with van der Waals surface area (Å²) in [5.74, 6) is 0.847. The summed E-state index contributed by atoms with van der Waals surface area (Å²) in [7, 11) is 1.61. The Morgan fingerprint density at radius 3 is 2.82 bits per heavy atom. The van der Waals surface area contributed by atoms with Crippen molar-refractivity contribution < 1.29 is 18.7 Å². The van der Waals surface area contributed by atoms with E-state index in [1.807, 2.05) is 30.3 Å². The van der Waals surface area contributed by atoms with Crippen LogP contribution in [0.4, 0.5) is 0 Å². The van der Waals surface area contributed by atoms with E-state index < -0.39 is 5.97 Å². The third-order valence-corrected chi connectivity index (χ3v) is 3.02. The van der Waals surface area contributed by atoms with Crippen molar-refractivity contribution in [3.8, 4) is 5.75 Å². The molecule has 0 saturated carbocycles. The number of cyclic esters (lactones) is 1. The lowest BCUT2D eigenvalue weighted by atomic mass is 10.2. The number of allylic oxidation sites excluding steroid dienone is 2. The summed E-state index contributed by atoms with van der Waals surface area (Å²) in [6, 6.07) is 11.0. The number of esters is 1. The van der Waals surface area contributed by atoms with E-state index in [0.717, 1.165) is 11.3 Å². The fourth-order valence-electron chi connectivity index (χ4n) is 1.98. The SMILES string of the molecule is COc1ccccc1/C=C/C=C1\N=C(c2ccco2)OC1=O. The van der Waals surface area contributed by atoms with Crippen LogP contribution in [0.2, 0.25) is 0 Å². The normalized spacial score (nSPS) is 16.1. The Labute approximate surface area is 127 Å². The van der Waals surface area contributed by atoms with Crippen LogP contribution in [-0.4, -0.2) is 19.0 Å². The van der Waals surface area contributed by atoms with Crippen LogP contribution in [0.3, 0.4) is 0 Å². The zero-order chi connectivity index (χ0) is 15.4. The molecule has 0 radical (unpaired) electrons. The molecule has 1 aromatic heterocycles. The highest BCUT2D eigenvalue weighted by Gasteiger charge is 2.25. The van der Waals surface area contributed by atoms with Gasteiger partial charge in [-0.25, -0.2) is 9.79 Å². The van der Waals surface area contributed by atoms with E-state index in [1.54, 1.807) is 31.4 Å². The summed E-state index contributed by atoms with van der Waals surface area (Å²) in [6.45, 7) is 0. The van der Waals surface area contributed by atoms with Gasteiger partial charge in [0.25, 0.3) is 5.90 Å². The van der Waals surface area contributed by atoms with Crippen molar-refractivity contribution in [2.45, 2.75) is 0 Å². The molecule has 0 N–H and O–H groups in total.